The van der Waals surface area contributed by atoms with Crippen molar-refractivity contribution in [3.05, 3.63) is 35.9 Å². The van der Waals surface area contributed by atoms with Crippen molar-refractivity contribution in [1.82, 2.24) is 0 Å². The molecule has 0 fully saturated rings. The Kier molecular flexibility index (Phi) is 4.75. The van der Waals surface area contributed by atoms with E-state index in [0.29, 0.717) is 6.42 Å². The summed E-state index contributed by atoms with van der Waals surface area (Å²) in [5.41, 5.74) is 0.800. The fourth-order valence-corrected chi connectivity index (χ4v) is 1.51. The molecule has 0 aliphatic heterocycles. The minimum absolute atomic E-state index is 0.0260. The zero-order valence-electron chi connectivity index (χ0n) is 8.98. The number of unbranched alkanes of at least 4 members (excludes halogenated alkanes) is 1. The average molecular weight is 204 g/mol. The third-order valence-corrected chi connectivity index (χ3v) is 2.42. The maximum Gasteiger partial charge on any atom is 0.147 e. The third-order valence-electron chi connectivity index (χ3n) is 2.42. The van der Waals surface area contributed by atoms with Crippen LogP contribution < -0.4 is 0 Å². The quantitative estimate of drug-likeness (QED) is 0.527. The van der Waals surface area contributed by atoms with Gasteiger partial charge in [0.2, 0.25) is 0 Å². The number of hydrogen-bond donors (Lipinski definition) is 0. The van der Waals surface area contributed by atoms with E-state index in [1.54, 1.807) is 0 Å². The minimum atomic E-state index is -0.572. The van der Waals surface area contributed by atoms with Crippen LogP contribution in [0.25, 0.3) is 0 Å². The highest BCUT2D eigenvalue weighted by atomic mass is 16.1. The Labute approximate surface area is 90.3 Å². The first kappa shape index (κ1) is 11.6. The summed E-state index contributed by atoms with van der Waals surface area (Å²) in [4.78, 5) is 22.6. The van der Waals surface area contributed by atoms with Crippen LogP contribution in [0.5, 0.6) is 0 Å². The first-order valence-corrected chi connectivity index (χ1v) is 5.32. The molecule has 2 heteroatoms. The second-order valence-electron chi connectivity index (χ2n) is 3.59. The van der Waals surface area contributed by atoms with Gasteiger partial charge in [0.15, 0.2) is 0 Å². The van der Waals surface area contributed by atoms with Gasteiger partial charge in [0.05, 0.1) is 5.92 Å². The van der Waals surface area contributed by atoms with Crippen LogP contribution in [0.1, 0.15) is 37.7 Å². The first-order valence-electron chi connectivity index (χ1n) is 5.32. The van der Waals surface area contributed by atoms with Crippen LogP contribution in [-0.2, 0) is 9.59 Å². The monoisotopic (exact) mass is 204 g/mol. The van der Waals surface area contributed by atoms with Gasteiger partial charge in [-0.2, -0.15) is 0 Å². The molecule has 0 bridgehead atoms. The van der Waals surface area contributed by atoms with E-state index in [9.17, 15) is 9.59 Å². The predicted molar refractivity (Wildman–Crippen MR) is 59.8 cm³/mol. The smallest absolute Gasteiger partial charge is 0.147 e. The summed E-state index contributed by atoms with van der Waals surface area (Å²) in [6.07, 6.45) is 3.07. The fourth-order valence-electron chi connectivity index (χ4n) is 1.51. The number of aldehydes is 1. The summed E-state index contributed by atoms with van der Waals surface area (Å²) in [5.74, 6) is -0.546. The van der Waals surface area contributed by atoms with Gasteiger partial charge in [0, 0.05) is 6.42 Å². The van der Waals surface area contributed by atoms with E-state index in [4.69, 9.17) is 0 Å². The largest absolute Gasteiger partial charge is 0.302 e. The van der Waals surface area contributed by atoms with Gasteiger partial charge in [0.1, 0.15) is 12.1 Å². The summed E-state index contributed by atoms with van der Waals surface area (Å²) in [6.45, 7) is 2.03. The maximum atomic E-state index is 11.7. The molecule has 1 atom stereocenters. The highest BCUT2D eigenvalue weighted by Gasteiger charge is 2.18. The second-order valence-corrected chi connectivity index (χ2v) is 3.59. The van der Waals surface area contributed by atoms with Gasteiger partial charge in [-0.15, -0.1) is 0 Å². The topological polar surface area (TPSA) is 34.1 Å². The van der Waals surface area contributed by atoms with Gasteiger partial charge in [-0.25, -0.2) is 0 Å². The van der Waals surface area contributed by atoms with Crippen LogP contribution in [0, 0.1) is 0 Å². The summed E-state index contributed by atoms with van der Waals surface area (Å²) >= 11 is 0. The minimum Gasteiger partial charge on any atom is -0.302 e. The SMILES string of the molecule is CCCCC(=O)C(C=O)c1ccccc1. The summed E-state index contributed by atoms with van der Waals surface area (Å²) in [6, 6.07) is 9.21. The number of rotatable bonds is 6. The molecule has 0 aliphatic rings. The number of carbonyl (C=O) groups excluding carboxylic acids is 2. The molecule has 80 valence electrons. The van der Waals surface area contributed by atoms with Gasteiger partial charge >= 0.3 is 0 Å². The molecule has 0 aromatic heterocycles. The Morgan fingerprint density at radius 2 is 2.00 bits per heavy atom. The molecule has 1 unspecified atom stereocenters. The molecular formula is C13H16O2. The molecule has 0 saturated heterocycles. The summed E-state index contributed by atoms with van der Waals surface area (Å²) in [7, 11) is 0. The predicted octanol–water partition coefficient (Wildman–Crippen LogP) is 2.73. The standard InChI is InChI=1S/C13H16O2/c1-2-3-9-13(15)12(10-14)11-7-5-4-6-8-11/h4-8,10,12H,2-3,9H2,1H3. The van der Waals surface area contributed by atoms with Crippen LogP contribution in [0.4, 0.5) is 0 Å². The van der Waals surface area contributed by atoms with Gasteiger partial charge in [0.25, 0.3) is 0 Å². The normalized spacial score (nSPS) is 12.1. The van der Waals surface area contributed by atoms with E-state index >= 15 is 0 Å². The van der Waals surface area contributed by atoms with E-state index in [0.717, 1.165) is 24.7 Å². The van der Waals surface area contributed by atoms with E-state index in [-0.39, 0.29) is 5.78 Å². The van der Waals surface area contributed by atoms with Crippen LogP contribution in [0.2, 0.25) is 0 Å². The molecule has 1 aromatic carbocycles. The zero-order valence-corrected chi connectivity index (χ0v) is 8.98. The van der Waals surface area contributed by atoms with Crippen LogP contribution in [0.15, 0.2) is 30.3 Å². The van der Waals surface area contributed by atoms with Crippen molar-refractivity contribution in [3.63, 3.8) is 0 Å². The molecule has 15 heavy (non-hydrogen) atoms. The van der Waals surface area contributed by atoms with Crippen molar-refractivity contribution in [2.24, 2.45) is 0 Å². The van der Waals surface area contributed by atoms with Gasteiger partial charge < -0.3 is 4.79 Å². The number of ketones is 1. The highest BCUT2D eigenvalue weighted by molar-refractivity contribution is 5.98. The number of Topliss-reactive ketones (excluding diaryl/α,β-unsaturated/α-hetero) is 1. The molecular weight excluding hydrogens is 188 g/mol. The van der Waals surface area contributed by atoms with E-state index in [1.807, 2.05) is 37.3 Å². The number of carbonyl (C=O) groups is 2. The van der Waals surface area contributed by atoms with Crippen molar-refractivity contribution in [1.29, 1.82) is 0 Å². The molecule has 0 radical (unpaired) electrons. The molecule has 1 aromatic rings. The molecule has 0 aliphatic carbocycles. The van der Waals surface area contributed by atoms with E-state index < -0.39 is 5.92 Å². The van der Waals surface area contributed by atoms with Crippen molar-refractivity contribution in [3.8, 4) is 0 Å². The lowest BCUT2D eigenvalue weighted by Gasteiger charge is -2.08. The summed E-state index contributed by atoms with van der Waals surface area (Å²) in [5, 5.41) is 0. The molecule has 0 amide bonds. The average Bonchev–Trinajstić information content (AvgIpc) is 2.29. The lowest BCUT2D eigenvalue weighted by Crippen LogP contribution is -2.13. The Bertz CT molecular complexity index is 317. The zero-order chi connectivity index (χ0) is 11.1. The lowest BCUT2D eigenvalue weighted by molar-refractivity contribution is -0.124. The van der Waals surface area contributed by atoms with Crippen molar-refractivity contribution >= 4 is 12.1 Å². The highest BCUT2D eigenvalue weighted by Crippen LogP contribution is 2.16. The van der Waals surface area contributed by atoms with Gasteiger partial charge in [-0.3, -0.25) is 4.79 Å². The van der Waals surface area contributed by atoms with Crippen molar-refractivity contribution in [2.75, 3.05) is 0 Å². The molecule has 2 nitrogen and oxygen atoms in total. The summed E-state index contributed by atoms with van der Waals surface area (Å²) < 4.78 is 0. The van der Waals surface area contributed by atoms with Crippen molar-refractivity contribution in [2.45, 2.75) is 32.1 Å². The molecule has 0 heterocycles. The Morgan fingerprint density at radius 1 is 1.33 bits per heavy atom. The molecule has 1 rings (SSSR count). The van der Waals surface area contributed by atoms with Gasteiger partial charge in [-0.05, 0) is 12.0 Å². The Morgan fingerprint density at radius 3 is 2.53 bits per heavy atom. The molecule has 0 saturated carbocycles. The fraction of sp³-hybridized carbons (Fsp3) is 0.385. The second kappa shape index (κ2) is 6.12. The number of hydrogen-bond acceptors (Lipinski definition) is 2. The molecule has 0 N–H and O–H groups in total. The van der Waals surface area contributed by atoms with Gasteiger partial charge in [-0.1, -0.05) is 43.7 Å². The van der Waals surface area contributed by atoms with Crippen molar-refractivity contribution < 1.29 is 9.59 Å². The van der Waals surface area contributed by atoms with Crippen LogP contribution in [0.3, 0.4) is 0 Å². The lowest BCUT2D eigenvalue weighted by atomic mass is 9.93. The van der Waals surface area contributed by atoms with E-state index in [2.05, 4.69) is 0 Å². The maximum absolute atomic E-state index is 11.7. The van der Waals surface area contributed by atoms with E-state index in [1.165, 1.54) is 0 Å². The Hall–Kier alpha value is -1.44. The first-order chi connectivity index (χ1) is 7.29. The molecule has 0 spiro atoms. The van der Waals surface area contributed by atoms with Crippen LogP contribution in [-0.4, -0.2) is 12.1 Å². The third kappa shape index (κ3) is 3.31. The van der Waals surface area contributed by atoms with Crippen LogP contribution >= 0.6 is 0 Å². The Balaban J connectivity index is 2.72. The number of benzene rings is 1.